The van der Waals surface area contributed by atoms with Gasteiger partial charge in [-0.05, 0) is 36.5 Å². The number of aromatic hydroxyl groups is 1. The molecular weight excluding hydrogens is 241 g/mol. The second-order valence-electron chi connectivity index (χ2n) is 4.28. The molecule has 94 valence electrons. The number of para-hydroxylation sites is 1. The van der Waals surface area contributed by atoms with E-state index in [1.165, 1.54) is 16.4 Å². The predicted octanol–water partition coefficient (Wildman–Crippen LogP) is 2.05. The number of rotatable bonds is 4. The van der Waals surface area contributed by atoms with Gasteiger partial charge >= 0.3 is 0 Å². The first-order chi connectivity index (χ1) is 8.72. The average molecular weight is 259 g/mol. The first-order valence-electron chi connectivity index (χ1n) is 6.00. The highest BCUT2D eigenvalue weighted by Gasteiger charge is 2.08. The van der Waals surface area contributed by atoms with Crippen molar-refractivity contribution in [3.63, 3.8) is 0 Å². The minimum absolute atomic E-state index is 0.384. The van der Waals surface area contributed by atoms with E-state index in [9.17, 15) is 5.11 Å². The summed E-state index contributed by atoms with van der Waals surface area (Å²) >= 11 is 0. The van der Waals surface area contributed by atoms with Crippen molar-refractivity contribution in [3.8, 4) is 5.75 Å². The molecule has 0 aliphatic carbocycles. The summed E-state index contributed by atoms with van der Waals surface area (Å²) in [5.74, 6) is 0.384. The van der Waals surface area contributed by atoms with E-state index in [0.29, 0.717) is 14.3 Å². The highest BCUT2D eigenvalue weighted by Crippen LogP contribution is 2.21. The maximum atomic E-state index is 9.87. The van der Waals surface area contributed by atoms with Gasteiger partial charge in [0.15, 0.2) is 0 Å². The van der Waals surface area contributed by atoms with Crippen LogP contribution in [0.5, 0.6) is 5.75 Å². The Balaban J connectivity index is 2.36. The zero-order valence-electron chi connectivity index (χ0n) is 10.7. The van der Waals surface area contributed by atoms with Crippen LogP contribution in [0.15, 0.2) is 42.5 Å². The van der Waals surface area contributed by atoms with Crippen LogP contribution < -0.4 is 15.9 Å². The van der Waals surface area contributed by atoms with Gasteiger partial charge in [-0.2, -0.15) is 0 Å². The lowest BCUT2D eigenvalue weighted by Gasteiger charge is -2.13. The summed E-state index contributed by atoms with van der Waals surface area (Å²) in [6.07, 6.45) is 0. The Hall–Kier alpha value is -1.37. The monoisotopic (exact) mass is 259 g/mol. The molecule has 0 bridgehead atoms. The number of phenolic OH excluding ortho intramolecular Hbond substituents is 1. The molecular formula is C15H18NOP. The standard InChI is InChI=1S/C15H18NOP/c1-11-6-5-7-12(10-16-2)15(11)18-14-9-4-3-8-13(14)17/h3-9,16-18H,10H2,1-2H3. The molecule has 2 aromatic rings. The maximum Gasteiger partial charge on any atom is 0.123 e. The Kier molecular flexibility index (Phi) is 4.35. The van der Waals surface area contributed by atoms with Gasteiger partial charge in [0.05, 0.1) is 0 Å². The van der Waals surface area contributed by atoms with Gasteiger partial charge < -0.3 is 10.4 Å². The molecule has 0 aliphatic rings. The molecule has 0 radical (unpaired) electrons. The molecule has 0 aromatic heterocycles. The van der Waals surface area contributed by atoms with Crippen molar-refractivity contribution in [2.24, 2.45) is 0 Å². The van der Waals surface area contributed by atoms with Gasteiger partial charge in [0, 0.05) is 11.8 Å². The minimum Gasteiger partial charge on any atom is -0.507 e. The van der Waals surface area contributed by atoms with E-state index in [0.717, 1.165) is 11.8 Å². The van der Waals surface area contributed by atoms with Crippen molar-refractivity contribution in [1.29, 1.82) is 0 Å². The van der Waals surface area contributed by atoms with Crippen molar-refractivity contribution >= 4 is 19.2 Å². The fourth-order valence-electron chi connectivity index (χ4n) is 1.96. The molecule has 0 saturated carbocycles. The first kappa shape index (κ1) is 13.1. The Morgan fingerprint density at radius 3 is 2.61 bits per heavy atom. The molecule has 1 atom stereocenters. The smallest absolute Gasteiger partial charge is 0.123 e. The summed E-state index contributed by atoms with van der Waals surface area (Å²) < 4.78 is 0. The summed E-state index contributed by atoms with van der Waals surface area (Å²) in [4.78, 5) is 0. The van der Waals surface area contributed by atoms with E-state index in [-0.39, 0.29) is 0 Å². The van der Waals surface area contributed by atoms with E-state index >= 15 is 0 Å². The Labute approximate surface area is 110 Å². The van der Waals surface area contributed by atoms with E-state index in [1.807, 2.05) is 25.2 Å². The summed E-state index contributed by atoms with van der Waals surface area (Å²) in [6, 6.07) is 13.9. The number of nitrogens with one attached hydrogen (secondary N) is 1. The largest absolute Gasteiger partial charge is 0.507 e. The number of hydrogen-bond acceptors (Lipinski definition) is 2. The Bertz CT molecular complexity index is 540. The average Bonchev–Trinajstić information content (AvgIpc) is 2.36. The van der Waals surface area contributed by atoms with Crippen LogP contribution in [0, 0.1) is 6.92 Å². The van der Waals surface area contributed by atoms with Crippen LogP contribution in [-0.2, 0) is 6.54 Å². The molecule has 3 heteroatoms. The van der Waals surface area contributed by atoms with Gasteiger partial charge in [-0.25, -0.2) is 0 Å². The maximum absolute atomic E-state index is 9.87. The van der Waals surface area contributed by atoms with Crippen LogP contribution in [-0.4, -0.2) is 12.2 Å². The highest BCUT2D eigenvalue weighted by atomic mass is 31.1. The predicted molar refractivity (Wildman–Crippen MR) is 79.6 cm³/mol. The summed E-state index contributed by atoms with van der Waals surface area (Å²) in [5, 5.41) is 15.4. The van der Waals surface area contributed by atoms with Crippen LogP contribution >= 0.6 is 8.58 Å². The molecule has 18 heavy (non-hydrogen) atoms. The van der Waals surface area contributed by atoms with Gasteiger partial charge in [0.25, 0.3) is 0 Å². The third-order valence-electron chi connectivity index (χ3n) is 2.89. The normalized spacial score (nSPS) is 11.2. The molecule has 0 fully saturated rings. The van der Waals surface area contributed by atoms with Crippen LogP contribution in [0.1, 0.15) is 11.1 Å². The third-order valence-corrected chi connectivity index (χ3v) is 4.55. The van der Waals surface area contributed by atoms with Gasteiger partial charge in [-0.3, -0.25) is 0 Å². The fourth-order valence-corrected chi connectivity index (χ4v) is 3.23. The summed E-state index contributed by atoms with van der Waals surface area (Å²) in [5.41, 5.74) is 2.59. The first-order valence-corrected chi connectivity index (χ1v) is 7.00. The van der Waals surface area contributed by atoms with Gasteiger partial charge in [0.1, 0.15) is 5.75 Å². The molecule has 0 spiro atoms. The summed E-state index contributed by atoms with van der Waals surface area (Å²) in [7, 11) is 2.45. The molecule has 2 rings (SSSR count). The van der Waals surface area contributed by atoms with Gasteiger partial charge in [-0.1, -0.05) is 45.0 Å². The molecule has 0 aliphatic heterocycles. The second-order valence-corrected chi connectivity index (χ2v) is 5.57. The van der Waals surface area contributed by atoms with E-state index < -0.39 is 0 Å². The van der Waals surface area contributed by atoms with Crippen molar-refractivity contribution in [2.75, 3.05) is 7.05 Å². The zero-order valence-corrected chi connectivity index (χ0v) is 11.7. The molecule has 0 amide bonds. The summed E-state index contributed by atoms with van der Waals surface area (Å²) in [6.45, 7) is 2.99. The zero-order chi connectivity index (χ0) is 13.0. The van der Waals surface area contributed by atoms with Gasteiger partial charge in [-0.15, -0.1) is 0 Å². The second kappa shape index (κ2) is 5.99. The molecule has 2 aromatic carbocycles. The van der Waals surface area contributed by atoms with Crippen molar-refractivity contribution in [3.05, 3.63) is 53.6 Å². The number of phenols is 1. The number of benzene rings is 2. The van der Waals surface area contributed by atoms with E-state index in [1.54, 1.807) is 6.07 Å². The van der Waals surface area contributed by atoms with Crippen LogP contribution in [0.2, 0.25) is 0 Å². The third kappa shape index (κ3) is 2.90. The highest BCUT2D eigenvalue weighted by molar-refractivity contribution is 7.56. The van der Waals surface area contributed by atoms with Crippen molar-refractivity contribution < 1.29 is 5.11 Å². The molecule has 2 N–H and O–H groups in total. The molecule has 0 heterocycles. The molecule has 0 saturated heterocycles. The number of hydrogen-bond donors (Lipinski definition) is 2. The number of aryl methyl sites for hydroxylation is 1. The van der Waals surface area contributed by atoms with Crippen LogP contribution in [0.25, 0.3) is 0 Å². The SMILES string of the molecule is CNCc1cccc(C)c1Pc1ccccc1O. The lowest BCUT2D eigenvalue weighted by atomic mass is 10.1. The molecule has 2 nitrogen and oxygen atoms in total. The lowest BCUT2D eigenvalue weighted by Crippen LogP contribution is -2.17. The fraction of sp³-hybridized carbons (Fsp3) is 0.200. The van der Waals surface area contributed by atoms with Crippen molar-refractivity contribution in [1.82, 2.24) is 5.32 Å². The quantitative estimate of drug-likeness (QED) is 0.824. The Morgan fingerprint density at radius 2 is 1.89 bits per heavy atom. The lowest BCUT2D eigenvalue weighted by molar-refractivity contribution is 0.480. The van der Waals surface area contributed by atoms with E-state index in [2.05, 4.69) is 30.4 Å². The topological polar surface area (TPSA) is 32.3 Å². The Morgan fingerprint density at radius 1 is 1.11 bits per heavy atom. The van der Waals surface area contributed by atoms with Crippen LogP contribution in [0.4, 0.5) is 0 Å². The minimum atomic E-state index is 0.384. The van der Waals surface area contributed by atoms with E-state index in [4.69, 9.17) is 0 Å². The van der Waals surface area contributed by atoms with Gasteiger partial charge in [0.2, 0.25) is 0 Å². The molecule has 1 unspecified atom stereocenters. The van der Waals surface area contributed by atoms with Crippen LogP contribution in [0.3, 0.4) is 0 Å². The van der Waals surface area contributed by atoms with Crippen molar-refractivity contribution in [2.45, 2.75) is 13.5 Å².